The molecule has 3 rings (SSSR count). The second-order valence-corrected chi connectivity index (χ2v) is 8.26. The van der Waals surface area contributed by atoms with Gasteiger partial charge in [-0.25, -0.2) is 4.98 Å². The number of amides is 1. The van der Waals surface area contributed by atoms with E-state index in [9.17, 15) is 9.90 Å². The van der Waals surface area contributed by atoms with Gasteiger partial charge in [0.05, 0.1) is 11.8 Å². The fourth-order valence-electron chi connectivity index (χ4n) is 4.09. The smallest absolute Gasteiger partial charge is 0.265 e. The monoisotopic (exact) mass is 352 g/mol. The molecule has 1 aromatic heterocycles. The lowest BCUT2D eigenvalue weighted by molar-refractivity contribution is 0.00940. The van der Waals surface area contributed by atoms with Gasteiger partial charge in [0.1, 0.15) is 4.88 Å². The molecule has 0 bridgehead atoms. The molecule has 2 heterocycles. The normalized spacial score (nSPS) is 29.8. The van der Waals surface area contributed by atoms with E-state index in [0.717, 1.165) is 48.2 Å². The van der Waals surface area contributed by atoms with Crippen LogP contribution >= 0.6 is 11.3 Å². The number of fused-ring (bicyclic) bond motifs is 1. The highest BCUT2D eigenvalue weighted by Crippen LogP contribution is 2.39. The van der Waals surface area contributed by atoms with Crippen LogP contribution in [0.5, 0.6) is 0 Å². The van der Waals surface area contributed by atoms with Crippen molar-refractivity contribution in [2.45, 2.75) is 38.8 Å². The van der Waals surface area contributed by atoms with E-state index in [1.807, 2.05) is 32.8 Å². The molecule has 1 aromatic rings. The molecule has 0 unspecified atom stereocenters. The minimum absolute atomic E-state index is 0.0967. The molecule has 7 heteroatoms. The van der Waals surface area contributed by atoms with E-state index in [1.54, 1.807) is 0 Å². The van der Waals surface area contributed by atoms with Crippen molar-refractivity contribution >= 4 is 22.4 Å². The number of aromatic nitrogens is 1. The number of nitrogens with zero attached hydrogens (tertiary/aromatic N) is 3. The van der Waals surface area contributed by atoms with Crippen molar-refractivity contribution in [3.63, 3.8) is 0 Å². The lowest BCUT2D eigenvalue weighted by atomic mass is 9.77. The third-order valence-electron chi connectivity index (χ3n) is 5.38. The first-order valence-electron chi connectivity index (χ1n) is 8.75. The molecule has 2 aliphatic rings. The zero-order chi connectivity index (χ0) is 17.4. The number of carbonyl (C=O) groups is 1. The fourth-order valence-corrected chi connectivity index (χ4v) is 5.10. The first-order chi connectivity index (χ1) is 11.4. The van der Waals surface area contributed by atoms with E-state index < -0.39 is 0 Å². The predicted molar refractivity (Wildman–Crippen MR) is 96.6 cm³/mol. The minimum atomic E-state index is -0.290. The van der Waals surface area contributed by atoms with Crippen LogP contribution < -0.4 is 5.32 Å². The highest BCUT2D eigenvalue weighted by molar-refractivity contribution is 7.17. The lowest BCUT2D eigenvalue weighted by Crippen LogP contribution is -2.46. The number of hydrogen-bond acceptors (Lipinski definition) is 6. The van der Waals surface area contributed by atoms with Gasteiger partial charge in [-0.05, 0) is 52.6 Å². The van der Waals surface area contributed by atoms with Crippen molar-refractivity contribution in [3.8, 4) is 0 Å². The molecule has 1 saturated carbocycles. The van der Waals surface area contributed by atoms with Gasteiger partial charge in [0, 0.05) is 25.7 Å². The Morgan fingerprint density at radius 2 is 2.04 bits per heavy atom. The zero-order valence-electron chi connectivity index (χ0n) is 15.0. The first kappa shape index (κ1) is 17.6. The number of rotatable bonds is 4. The molecule has 24 heavy (non-hydrogen) atoms. The average molecular weight is 353 g/mol. The molecular formula is C17H28N4O2S. The van der Waals surface area contributed by atoms with Crippen molar-refractivity contribution in [1.29, 1.82) is 0 Å². The fraction of sp³-hybridized carbons (Fsp3) is 0.765. The molecule has 2 fully saturated rings. The quantitative estimate of drug-likeness (QED) is 0.862. The van der Waals surface area contributed by atoms with Gasteiger partial charge in [0.15, 0.2) is 5.13 Å². The third-order valence-corrected chi connectivity index (χ3v) is 6.48. The second-order valence-electron chi connectivity index (χ2n) is 7.26. The van der Waals surface area contributed by atoms with Crippen molar-refractivity contribution in [1.82, 2.24) is 14.8 Å². The first-order valence-corrected chi connectivity index (χ1v) is 9.57. The van der Waals surface area contributed by atoms with Crippen LogP contribution in [0.15, 0.2) is 0 Å². The molecule has 1 aliphatic heterocycles. The molecule has 6 nitrogen and oxygen atoms in total. The topological polar surface area (TPSA) is 68.7 Å². The van der Waals surface area contributed by atoms with Gasteiger partial charge in [-0.1, -0.05) is 11.3 Å². The van der Waals surface area contributed by atoms with E-state index >= 15 is 0 Å². The summed E-state index contributed by atoms with van der Waals surface area (Å²) in [7, 11) is 4.05. The minimum Gasteiger partial charge on any atom is -0.391 e. The number of nitrogens with one attached hydrogen (secondary N) is 1. The number of thiazole rings is 1. The molecule has 0 aromatic carbocycles. The number of hydrogen-bond donors (Lipinski definition) is 2. The molecule has 1 amide bonds. The van der Waals surface area contributed by atoms with Gasteiger partial charge >= 0.3 is 0 Å². The van der Waals surface area contributed by atoms with Crippen LogP contribution in [0.3, 0.4) is 0 Å². The number of aliphatic hydroxyl groups excluding tert-OH is 1. The van der Waals surface area contributed by atoms with Gasteiger partial charge in [-0.2, -0.15) is 0 Å². The Kier molecular flexibility index (Phi) is 5.13. The van der Waals surface area contributed by atoms with Crippen LogP contribution in [-0.4, -0.2) is 71.7 Å². The summed E-state index contributed by atoms with van der Waals surface area (Å²) >= 11 is 1.45. The summed E-state index contributed by atoms with van der Waals surface area (Å²) in [5.74, 6) is 1.01. The molecule has 0 radical (unpaired) electrons. The number of carbonyl (C=O) groups excluding carboxylic acids is 1. The SMILES string of the molecule is CCNc1nc(C)c(C(=O)N2C[C@H]3C[C@@H](N(C)C)[C@H](O)C[C@H]3C2)s1. The number of aliphatic hydroxyl groups is 1. The number of likely N-dealkylation sites (N-methyl/N-ethyl adjacent to an activating group) is 1. The molecule has 0 spiro atoms. The van der Waals surface area contributed by atoms with E-state index in [0.29, 0.717) is 11.8 Å². The molecule has 2 N–H and O–H groups in total. The molecular weight excluding hydrogens is 324 g/mol. The Labute approximate surface area is 147 Å². The Hall–Kier alpha value is -1.18. The number of aryl methyl sites for hydroxylation is 1. The molecule has 134 valence electrons. The maximum absolute atomic E-state index is 12.9. The molecule has 4 atom stereocenters. The Morgan fingerprint density at radius 1 is 1.38 bits per heavy atom. The van der Waals surface area contributed by atoms with E-state index in [2.05, 4.69) is 15.2 Å². The summed E-state index contributed by atoms with van der Waals surface area (Å²) in [6, 6.07) is 0.201. The van der Waals surface area contributed by atoms with E-state index in [1.165, 1.54) is 11.3 Å². The van der Waals surface area contributed by atoms with Crippen LogP contribution in [0.2, 0.25) is 0 Å². The Balaban J connectivity index is 1.70. The van der Waals surface area contributed by atoms with E-state index in [4.69, 9.17) is 0 Å². The molecule has 1 saturated heterocycles. The van der Waals surface area contributed by atoms with Crippen LogP contribution in [-0.2, 0) is 0 Å². The number of likely N-dealkylation sites (tertiary alicyclic amines) is 1. The van der Waals surface area contributed by atoms with Gasteiger partial charge in [0.25, 0.3) is 5.91 Å². The molecule has 1 aliphatic carbocycles. The summed E-state index contributed by atoms with van der Waals surface area (Å²) in [6.45, 7) is 6.29. The standard InChI is InChI=1S/C17H28N4O2S/c1-5-18-17-19-10(2)15(24-17)16(23)21-8-11-6-13(20(3)4)14(22)7-12(11)9-21/h11-14,22H,5-9H2,1-4H3,(H,18,19)/t11-,12+,13-,14-/m1/s1. The van der Waals surface area contributed by atoms with Crippen LogP contribution in [0.25, 0.3) is 0 Å². The summed E-state index contributed by atoms with van der Waals surface area (Å²) in [4.78, 5) is 22.2. The maximum atomic E-state index is 12.9. The van der Waals surface area contributed by atoms with Crippen molar-refractivity contribution in [2.24, 2.45) is 11.8 Å². The van der Waals surface area contributed by atoms with Gasteiger partial charge < -0.3 is 20.2 Å². The summed E-state index contributed by atoms with van der Waals surface area (Å²) in [6.07, 6.45) is 1.47. The van der Waals surface area contributed by atoms with Crippen molar-refractivity contribution < 1.29 is 9.90 Å². The van der Waals surface area contributed by atoms with Gasteiger partial charge in [0.2, 0.25) is 0 Å². The van der Waals surface area contributed by atoms with Gasteiger partial charge in [-0.3, -0.25) is 4.79 Å². The second kappa shape index (κ2) is 6.98. The third kappa shape index (κ3) is 3.30. The summed E-state index contributed by atoms with van der Waals surface area (Å²) < 4.78 is 0. The van der Waals surface area contributed by atoms with Gasteiger partial charge in [-0.15, -0.1) is 0 Å². The summed E-state index contributed by atoms with van der Waals surface area (Å²) in [5.41, 5.74) is 0.807. The van der Waals surface area contributed by atoms with Crippen LogP contribution in [0, 0.1) is 18.8 Å². The highest BCUT2D eigenvalue weighted by atomic mass is 32.1. The highest BCUT2D eigenvalue weighted by Gasteiger charge is 2.44. The number of anilines is 1. The average Bonchev–Trinajstić information content (AvgIpc) is 3.09. The van der Waals surface area contributed by atoms with Crippen LogP contribution in [0.4, 0.5) is 5.13 Å². The largest absolute Gasteiger partial charge is 0.391 e. The lowest BCUT2D eigenvalue weighted by Gasteiger charge is -2.38. The zero-order valence-corrected chi connectivity index (χ0v) is 15.8. The Bertz CT molecular complexity index is 603. The van der Waals surface area contributed by atoms with E-state index in [-0.39, 0.29) is 18.1 Å². The maximum Gasteiger partial charge on any atom is 0.265 e. The van der Waals surface area contributed by atoms with Crippen molar-refractivity contribution in [3.05, 3.63) is 10.6 Å². The predicted octanol–water partition coefficient (Wildman–Crippen LogP) is 1.66. The Morgan fingerprint density at radius 3 is 2.67 bits per heavy atom. The van der Waals surface area contributed by atoms with Crippen molar-refractivity contribution in [2.75, 3.05) is 39.0 Å². The van der Waals surface area contributed by atoms with Crippen LogP contribution in [0.1, 0.15) is 35.1 Å². The summed E-state index contributed by atoms with van der Waals surface area (Å²) in [5, 5.41) is 14.4.